The van der Waals surface area contributed by atoms with Gasteiger partial charge in [0.25, 0.3) is 0 Å². The third-order valence-electron chi connectivity index (χ3n) is 3.91. The van der Waals surface area contributed by atoms with E-state index in [1.165, 1.54) is 5.56 Å². The second-order valence-corrected chi connectivity index (χ2v) is 6.18. The minimum atomic E-state index is 0.172. The summed E-state index contributed by atoms with van der Waals surface area (Å²) in [6.07, 6.45) is 2.05. The first-order chi connectivity index (χ1) is 9.65. The van der Waals surface area contributed by atoms with Gasteiger partial charge in [0.15, 0.2) is 0 Å². The molecule has 0 spiro atoms. The van der Waals surface area contributed by atoms with Crippen LogP contribution >= 0.6 is 0 Å². The summed E-state index contributed by atoms with van der Waals surface area (Å²) in [6, 6.07) is 10.5. The maximum atomic E-state index is 12.1. The zero-order chi connectivity index (χ0) is 14.4. The zero-order valence-electron chi connectivity index (χ0n) is 12.6. The smallest absolute Gasteiger partial charge is 0.224 e. The molecule has 1 N–H and O–H groups in total. The van der Waals surface area contributed by atoms with Gasteiger partial charge >= 0.3 is 0 Å². The topological polar surface area (TPSA) is 32.3 Å². The minimum absolute atomic E-state index is 0.172. The van der Waals surface area contributed by atoms with E-state index in [1.54, 1.807) is 0 Å². The number of carbonyl (C=O) groups is 1. The highest BCUT2D eigenvalue weighted by Crippen LogP contribution is 2.18. The number of benzene rings is 1. The fourth-order valence-electron chi connectivity index (χ4n) is 2.66. The summed E-state index contributed by atoms with van der Waals surface area (Å²) in [5.74, 6) is 1.06. The van der Waals surface area contributed by atoms with Crippen molar-refractivity contribution in [2.24, 2.45) is 11.8 Å². The summed E-state index contributed by atoms with van der Waals surface area (Å²) in [5, 5.41) is 3.07. The van der Waals surface area contributed by atoms with Crippen LogP contribution in [0.25, 0.3) is 0 Å². The van der Waals surface area contributed by atoms with E-state index in [0.29, 0.717) is 5.92 Å². The summed E-state index contributed by atoms with van der Waals surface area (Å²) >= 11 is 0. The number of nitrogens with zero attached hydrogens (tertiary/aromatic N) is 1. The lowest BCUT2D eigenvalue weighted by Gasteiger charge is -2.16. The van der Waals surface area contributed by atoms with Crippen LogP contribution in [0.2, 0.25) is 0 Å². The normalized spacial score (nSPS) is 19.4. The molecule has 3 heteroatoms. The first kappa shape index (κ1) is 15.0. The van der Waals surface area contributed by atoms with E-state index < -0.39 is 0 Å². The Kier molecular flexibility index (Phi) is 5.60. The highest BCUT2D eigenvalue weighted by atomic mass is 16.1. The van der Waals surface area contributed by atoms with Crippen molar-refractivity contribution in [2.75, 3.05) is 19.6 Å². The van der Waals surface area contributed by atoms with Crippen LogP contribution in [0.15, 0.2) is 30.3 Å². The van der Waals surface area contributed by atoms with E-state index in [0.717, 1.165) is 39.0 Å². The van der Waals surface area contributed by atoms with Crippen LogP contribution in [0.1, 0.15) is 32.3 Å². The lowest BCUT2D eigenvalue weighted by molar-refractivity contribution is -0.124. The second-order valence-electron chi connectivity index (χ2n) is 6.18. The lowest BCUT2D eigenvalue weighted by Crippen LogP contribution is -2.33. The Morgan fingerprint density at radius 3 is 2.80 bits per heavy atom. The number of rotatable bonds is 6. The SMILES string of the molecule is CC(C)CCNC(=O)C1CCN(Cc2ccccc2)C1. The molecule has 1 amide bonds. The van der Waals surface area contributed by atoms with Gasteiger partial charge in [0, 0.05) is 19.6 Å². The van der Waals surface area contributed by atoms with Gasteiger partial charge in [-0.15, -0.1) is 0 Å². The monoisotopic (exact) mass is 274 g/mol. The minimum Gasteiger partial charge on any atom is -0.356 e. The van der Waals surface area contributed by atoms with Crippen LogP contribution < -0.4 is 5.32 Å². The van der Waals surface area contributed by atoms with Crippen LogP contribution in [0.3, 0.4) is 0 Å². The fourth-order valence-corrected chi connectivity index (χ4v) is 2.66. The molecule has 0 bridgehead atoms. The van der Waals surface area contributed by atoms with Crippen molar-refractivity contribution in [3.8, 4) is 0 Å². The predicted octanol–water partition coefficient (Wildman–Crippen LogP) is 2.67. The zero-order valence-corrected chi connectivity index (χ0v) is 12.6. The molecule has 1 aliphatic heterocycles. The van der Waals surface area contributed by atoms with Crippen molar-refractivity contribution in [1.29, 1.82) is 0 Å². The van der Waals surface area contributed by atoms with Crippen molar-refractivity contribution in [3.05, 3.63) is 35.9 Å². The van der Waals surface area contributed by atoms with E-state index in [2.05, 4.69) is 48.3 Å². The van der Waals surface area contributed by atoms with Gasteiger partial charge in [-0.1, -0.05) is 44.2 Å². The summed E-state index contributed by atoms with van der Waals surface area (Å²) in [6.45, 7) is 8.05. The second kappa shape index (κ2) is 7.44. The lowest BCUT2D eigenvalue weighted by atomic mass is 10.1. The molecule has 1 saturated heterocycles. The van der Waals surface area contributed by atoms with Crippen LogP contribution in [-0.2, 0) is 11.3 Å². The molecule has 1 atom stereocenters. The Morgan fingerprint density at radius 1 is 1.35 bits per heavy atom. The third kappa shape index (κ3) is 4.64. The molecule has 0 aromatic heterocycles. The Labute approximate surface area is 122 Å². The Morgan fingerprint density at radius 2 is 2.10 bits per heavy atom. The van der Waals surface area contributed by atoms with Gasteiger partial charge in [-0.05, 0) is 30.9 Å². The molecular formula is C17H26N2O. The van der Waals surface area contributed by atoms with Crippen molar-refractivity contribution < 1.29 is 4.79 Å². The highest BCUT2D eigenvalue weighted by Gasteiger charge is 2.27. The van der Waals surface area contributed by atoms with E-state index >= 15 is 0 Å². The Balaban J connectivity index is 1.73. The molecule has 20 heavy (non-hydrogen) atoms. The molecule has 1 aliphatic rings. The Hall–Kier alpha value is -1.35. The first-order valence-electron chi connectivity index (χ1n) is 7.69. The van der Waals surface area contributed by atoms with Crippen LogP contribution in [-0.4, -0.2) is 30.4 Å². The molecule has 1 fully saturated rings. The van der Waals surface area contributed by atoms with E-state index in [9.17, 15) is 4.79 Å². The van der Waals surface area contributed by atoms with Crippen molar-refractivity contribution >= 4 is 5.91 Å². The van der Waals surface area contributed by atoms with Gasteiger partial charge < -0.3 is 5.32 Å². The van der Waals surface area contributed by atoms with Gasteiger partial charge in [-0.25, -0.2) is 0 Å². The molecule has 1 aromatic carbocycles. The van der Waals surface area contributed by atoms with E-state index in [-0.39, 0.29) is 11.8 Å². The van der Waals surface area contributed by atoms with Gasteiger partial charge in [-0.2, -0.15) is 0 Å². The molecule has 1 aromatic rings. The van der Waals surface area contributed by atoms with Crippen LogP contribution in [0, 0.1) is 11.8 Å². The summed E-state index contributed by atoms with van der Waals surface area (Å²) in [7, 11) is 0. The van der Waals surface area contributed by atoms with Gasteiger partial charge in [0.05, 0.1) is 5.92 Å². The molecule has 0 saturated carbocycles. The molecule has 110 valence electrons. The number of hydrogen-bond donors (Lipinski definition) is 1. The maximum Gasteiger partial charge on any atom is 0.224 e. The largest absolute Gasteiger partial charge is 0.356 e. The molecule has 1 heterocycles. The first-order valence-corrected chi connectivity index (χ1v) is 7.69. The van der Waals surface area contributed by atoms with E-state index in [1.807, 2.05) is 6.07 Å². The molecule has 3 nitrogen and oxygen atoms in total. The van der Waals surface area contributed by atoms with Crippen molar-refractivity contribution in [2.45, 2.75) is 33.2 Å². The average Bonchev–Trinajstić information content (AvgIpc) is 2.88. The van der Waals surface area contributed by atoms with Crippen molar-refractivity contribution in [1.82, 2.24) is 10.2 Å². The maximum absolute atomic E-state index is 12.1. The molecule has 1 unspecified atom stereocenters. The molecular weight excluding hydrogens is 248 g/mol. The number of carbonyl (C=O) groups excluding carboxylic acids is 1. The number of amides is 1. The van der Waals surface area contributed by atoms with Gasteiger partial charge in [0.2, 0.25) is 5.91 Å². The molecule has 0 aliphatic carbocycles. The van der Waals surface area contributed by atoms with E-state index in [4.69, 9.17) is 0 Å². The van der Waals surface area contributed by atoms with Gasteiger partial charge in [-0.3, -0.25) is 9.69 Å². The quantitative estimate of drug-likeness (QED) is 0.865. The third-order valence-corrected chi connectivity index (χ3v) is 3.91. The summed E-state index contributed by atoms with van der Waals surface area (Å²) < 4.78 is 0. The Bertz CT molecular complexity index is 416. The fraction of sp³-hybridized carbons (Fsp3) is 0.588. The summed E-state index contributed by atoms with van der Waals surface area (Å²) in [4.78, 5) is 14.5. The number of nitrogens with one attached hydrogen (secondary N) is 1. The molecule has 2 rings (SSSR count). The van der Waals surface area contributed by atoms with Crippen LogP contribution in [0.4, 0.5) is 0 Å². The van der Waals surface area contributed by atoms with Gasteiger partial charge in [0.1, 0.15) is 0 Å². The molecule has 0 radical (unpaired) electrons. The summed E-state index contributed by atoms with van der Waals surface area (Å²) in [5.41, 5.74) is 1.33. The number of likely N-dealkylation sites (tertiary alicyclic amines) is 1. The number of hydrogen-bond acceptors (Lipinski definition) is 2. The average molecular weight is 274 g/mol. The standard InChI is InChI=1S/C17H26N2O/c1-14(2)8-10-18-17(20)16-9-11-19(13-16)12-15-6-4-3-5-7-15/h3-7,14,16H,8-13H2,1-2H3,(H,18,20). The van der Waals surface area contributed by atoms with Crippen molar-refractivity contribution in [3.63, 3.8) is 0 Å². The highest BCUT2D eigenvalue weighted by molar-refractivity contribution is 5.79. The van der Waals surface area contributed by atoms with Crippen LogP contribution in [0.5, 0.6) is 0 Å². The predicted molar refractivity (Wildman–Crippen MR) is 82.3 cm³/mol.